The van der Waals surface area contributed by atoms with Crippen molar-refractivity contribution < 1.29 is 55.6 Å². The summed E-state index contributed by atoms with van der Waals surface area (Å²) < 4.78 is 81.6. The third-order valence-corrected chi connectivity index (χ3v) is 23.8. The van der Waals surface area contributed by atoms with Crippen LogP contribution in [0.25, 0.3) is 0 Å². The van der Waals surface area contributed by atoms with Crippen molar-refractivity contribution in [3.05, 3.63) is 141 Å². The number of halogens is 2. The molecule has 0 saturated heterocycles. The number of nitrogens with one attached hydrogen (secondary N) is 2. The average Bonchev–Trinajstić information content (AvgIpc) is 1.94. The van der Waals surface area contributed by atoms with Crippen LogP contribution in [-0.4, -0.2) is 128 Å². The Kier molecular flexibility index (Phi) is 18.7. The lowest BCUT2D eigenvalue weighted by molar-refractivity contribution is 0.0453. The molecule has 8 aliphatic rings. The molecule has 2 spiro atoms. The highest BCUT2D eigenvalue weighted by Crippen LogP contribution is 2.49. The summed E-state index contributed by atoms with van der Waals surface area (Å²) in [4.78, 5) is 31.5. The van der Waals surface area contributed by atoms with Crippen LogP contribution in [0.5, 0.6) is 11.5 Å². The first-order valence-electron chi connectivity index (χ1n) is 30.6. The average molecular weight is 1260 g/mol. The van der Waals surface area contributed by atoms with Gasteiger partial charge in [-0.05, 0) is 195 Å². The Morgan fingerprint density at radius 1 is 0.593 bits per heavy atom. The van der Waals surface area contributed by atoms with Gasteiger partial charge in [0.1, 0.15) is 22.0 Å². The number of ether oxygens (including phenoxy) is 4. The number of nitrogens with zero attached hydrogens (tertiary/aromatic N) is 2. The van der Waals surface area contributed by atoms with Gasteiger partial charge in [-0.3, -0.25) is 9.59 Å². The van der Waals surface area contributed by atoms with E-state index in [0.717, 1.165) is 85.6 Å². The van der Waals surface area contributed by atoms with Crippen molar-refractivity contribution in [1.29, 1.82) is 0 Å². The van der Waals surface area contributed by atoms with E-state index < -0.39 is 54.6 Å². The van der Waals surface area contributed by atoms with Gasteiger partial charge in [-0.15, -0.1) is 0 Å². The number of fused-ring (bicyclic) bond motifs is 8. The highest BCUT2D eigenvalue weighted by atomic mass is 35.5. The van der Waals surface area contributed by atoms with Crippen LogP contribution in [0, 0.1) is 35.5 Å². The predicted molar refractivity (Wildman–Crippen MR) is 335 cm³/mol. The number of benzene rings is 4. The molecule has 4 aromatic rings. The predicted octanol–water partition coefficient (Wildman–Crippen LogP) is 9.74. The van der Waals surface area contributed by atoms with E-state index in [-0.39, 0.29) is 83.5 Å². The molecule has 20 heteroatoms. The molecule has 0 aromatic heterocycles. The lowest BCUT2D eigenvalue weighted by Gasteiger charge is -2.45. The van der Waals surface area contributed by atoms with Crippen molar-refractivity contribution in [3.8, 4) is 11.5 Å². The number of aliphatic hydroxyl groups excluding tert-OH is 2. The van der Waals surface area contributed by atoms with Crippen molar-refractivity contribution in [2.24, 2.45) is 35.5 Å². The topological polar surface area (TPSA) is 210 Å². The Balaban J connectivity index is 0.000000179. The molecule has 464 valence electrons. The number of aliphatic hydroxyl groups is 2. The SMILES string of the molecule is COC[C@@H]1C[C@@H](C)/C=C/[C@H](O)[C@@H]2CC[C@H]2CN2C[C@@]3(CCCc4cc(Cl)ccc43)COc3ccc(cc32)C(=O)NS1(=O)=O.COC[C@@H]1C[C@H](C)/C=C/[C@H](O)[C@@H]2CC[C@H]2CN2C[C@@]3(CCCc4cc(Cl)ccc43)COc3ccc(cc32)C(=O)NS1(=O)=O. The number of hydrogen-bond donors (Lipinski definition) is 4. The number of anilines is 2. The molecule has 86 heavy (non-hydrogen) atoms. The zero-order chi connectivity index (χ0) is 60.7. The molecule has 0 radical (unpaired) electrons. The molecule has 12 rings (SSSR count). The summed E-state index contributed by atoms with van der Waals surface area (Å²) in [6.45, 7) is 7.48. The van der Waals surface area contributed by atoms with Gasteiger partial charge in [0.15, 0.2) is 0 Å². The number of hydrogen-bond acceptors (Lipinski definition) is 14. The van der Waals surface area contributed by atoms with E-state index in [2.05, 4.69) is 43.5 Å². The molecule has 4 bridgehead atoms. The molecular weight excluding hydrogens is 1180 g/mol. The van der Waals surface area contributed by atoms with Crippen LogP contribution < -0.4 is 28.7 Å². The van der Waals surface area contributed by atoms with Crippen LogP contribution >= 0.6 is 23.2 Å². The van der Waals surface area contributed by atoms with E-state index in [1.54, 1.807) is 36.4 Å². The Hall–Kier alpha value is -5.18. The Morgan fingerprint density at radius 3 is 1.40 bits per heavy atom. The van der Waals surface area contributed by atoms with Crippen LogP contribution in [0.2, 0.25) is 10.0 Å². The Labute approximate surface area is 517 Å². The van der Waals surface area contributed by atoms with Gasteiger partial charge in [0.25, 0.3) is 11.8 Å². The molecule has 4 aliphatic heterocycles. The second-order valence-corrected chi connectivity index (χ2v) is 30.7. The normalized spacial score (nSPS) is 32.8. The molecule has 12 atom stereocenters. The maximum atomic E-state index is 13.4. The zero-order valence-corrected chi connectivity index (χ0v) is 52.7. The third kappa shape index (κ3) is 13.1. The van der Waals surface area contributed by atoms with Gasteiger partial charge in [0, 0.05) is 72.4 Å². The van der Waals surface area contributed by atoms with Crippen molar-refractivity contribution >= 4 is 66.4 Å². The number of allylic oxidation sites excluding steroid dienone is 2. The van der Waals surface area contributed by atoms with Crippen molar-refractivity contribution in [2.75, 3.05) is 76.6 Å². The molecule has 16 nitrogen and oxygen atoms in total. The second kappa shape index (κ2) is 25.7. The number of aryl methyl sites for hydroxylation is 2. The fourth-order valence-electron chi connectivity index (χ4n) is 15.0. The number of amides is 2. The number of carbonyl (C=O) groups excluding carboxylic acids is 2. The van der Waals surface area contributed by atoms with Crippen molar-refractivity contribution in [3.63, 3.8) is 0 Å². The summed E-state index contributed by atoms with van der Waals surface area (Å²) in [5.41, 5.74) is 6.49. The Bertz CT molecular complexity index is 3250. The molecule has 2 amide bonds. The van der Waals surface area contributed by atoms with E-state index in [1.165, 1.54) is 36.5 Å². The van der Waals surface area contributed by atoms with Gasteiger partial charge in [0.2, 0.25) is 20.0 Å². The number of carbonyl (C=O) groups is 2. The summed E-state index contributed by atoms with van der Waals surface area (Å²) in [6.07, 6.45) is 16.5. The molecule has 0 unspecified atom stereocenters. The third-order valence-electron chi connectivity index (χ3n) is 19.9. The van der Waals surface area contributed by atoms with Crippen LogP contribution in [0.1, 0.15) is 121 Å². The molecule has 4 aromatic carbocycles. The monoisotopic (exact) mass is 1260 g/mol. The first kappa shape index (κ1) is 62.4. The smallest absolute Gasteiger partial charge is 0.264 e. The van der Waals surface area contributed by atoms with E-state index in [1.807, 2.05) is 50.3 Å². The van der Waals surface area contributed by atoms with Gasteiger partial charge in [0.05, 0.1) is 50.0 Å². The maximum Gasteiger partial charge on any atom is 0.264 e. The minimum atomic E-state index is -4.04. The lowest BCUT2D eigenvalue weighted by atomic mass is 9.68. The largest absolute Gasteiger partial charge is 0.490 e. The molecular formula is C66H82Cl2N4O12S2. The quantitative estimate of drug-likeness (QED) is 0.140. The van der Waals surface area contributed by atoms with Crippen molar-refractivity contribution in [1.82, 2.24) is 9.44 Å². The number of sulfonamides is 2. The Morgan fingerprint density at radius 2 is 1.01 bits per heavy atom. The summed E-state index contributed by atoms with van der Waals surface area (Å²) in [7, 11) is -5.19. The zero-order valence-electron chi connectivity index (χ0n) is 49.6. The van der Waals surface area contributed by atoms with Gasteiger partial charge in [-0.2, -0.15) is 0 Å². The molecule has 4 N–H and O–H groups in total. The van der Waals surface area contributed by atoms with Crippen molar-refractivity contribution in [2.45, 2.75) is 124 Å². The van der Waals surface area contributed by atoms with E-state index in [4.69, 9.17) is 42.1 Å². The maximum absolute atomic E-state index is 13.4. The first-order chi connectivity index (χ1) is 41.2. The van der Waals surface area contributed by atoms with Gasteiger partial charge < -0.3 is 39.0 Å². The first-order valence-corrected chi connectivity index (χ1v) is 34.5. The summed E-state index contributed by atoms with van der Waals surface area (Å²) in [5.74, 6) is 0.436. The van der Waals surface area contributed by atoms with Crippen LogP contribution in [0.15, 0.2) is 97.1 Å². The molecule has 4 aliphatic carbocycles. The lowest BCUT2D eigenvalue weighted by Crippen LogP contribution is -2.49. The highest BCUT2D eigenvalue weighted by molar-refractivity contribution is 7.91. The molecule has 2 saturated carbocycles. The number of rotatable bonds is 4. The van der Waals surface area contributed by atoms with Crippen LogP contribution in [0.4, 0.5) is 11.4 Å². The van der Waals surface area contributed by atoms with Gasteiger partial charge in [-0.25, -0.2) is 26.3 Å². The van der Waals surface area contributed by atoms with Gasteiger partial charge in [-0.1, -0.05) is 73.5 Å². The fraction of sp³-hybridized carbons (Fsp3) is 0.545. The summed E-state index contributed by atoms with van der Waals surface area (Å²) >= 11 is 12.8. The second-order valence-electron chi connectivity index (χ2n) is 25.9. The number of methoxy groups -OCH3 is 2. The minimum Gasteiger partial charge on any atom is -0.490 e. The fourth-order valence-corrected chi connectivity index (χ4v) is 18.2. The van der Waals surface area contributed by atoms with E-state index >= 15 is 0 Å². The summed E-state index contributed by atoms with van der Waals surface area (Å²) in [6, 6.07) is 22.6. The summed E-state index contributed by atoms with van der Waals surface area (Å²) in [5, 5.41) is 22.0. The van der Waals surface area contributed by atoms with Crippen LogP contribution in [-0.2, 0) is 53.2 Å². The molecule has 4 heterocycles. The van der Waals surface area contributed by atoms with Crippen LogP contribution in [0.3, 0.4) is 0 Å². The van der Waals surface area contributed by atoms with E-state index in [0.29, 0.717) is 50.9 Å². The minimum absolute atomic E-state index is 0.0470. The highest BCUT2D eigenvalue weighted by Gasteiger charge is 2.47. The van der Waals surface area contributed by atoms with Gasteiger partial charge >= 0.3 is 0 Å². The standard InChI is InChI=1S/2C33H41ClN2O6S/c2*1-21-5-11-30(37)27-9-6-24(27)17-36-19-33(13-3-4-22-15-25(34)8-10-28(22)33)20-42-31-12-7-23(16-29(31)36)32(38)35-43(39,40)26(14-21)18-41-2/h2*5,7-8,10-12,15-16,21,24,26-27,30,37H,3-4,6,9,13-14,17-20H2,1-2H3,(H,35,38)/b2*11-5+/t21-,24+,26+,27-,30+,33+;21-,24-,26-,27+,30-,33-/m10/s1. The molecule has 2 fully saturated rings. The van der Waals surface area contributed by atoms with E-state index in [9.17, 15) is 36.6 Å².